The molecule has 0 unspecified atom stereocenters. The van der Waals surface area contributed by atoms with Crippen LogP contribution >= 0.6 is 0 Å². The van der Waals surface area contributed by atoms with E-state index in [0.717, 1.165) is 44.7 Å². The Balaban J connectivity index is 1.63. The third-order valence-corrected chi connectivity index (χ3v) is 9.11. The second-order valence-electron chi connectivity index (χ2n) is 11.8. The minimum Gasteiger partial charge on any atom is -0.305 e. The number of rotatable bonds is 3. The molecule has 8 rings (SSSR count). The minimum atomic E-state index is 0.629. The Morgan fingerprint density at radius 1 is 0.545 bits per heavy atom. The number of pyridine rings is 1. The largest absolute Gasteiger partial charge is 0.305 e. The van der Waals surface area contributed by atoms with Crippen LogP contribution < -0.4 is 0 Å². The van der Waals surface area contributed by atoms with E-state index in [-0.39, 0.29) is 0 Å². The number of aryl methyl sites for hydroxylation is 4. The SMILES string of the molecule is Cc1cccc2c1c1c(C)cccc1n2-c1nccc(-c2cccc(C#N)c2)c1-n1c2cccc(C)c2c2c(C)cccc21. The monoisotopic (exact) mass is 566 g/mol. The van der Waals surface area contributed by atoms with Gasteiger partial charge >= 0.3 is 0 Å². The van der Waals surface area contributed by atoms with Crippen LogP contribution in [0.4, 0.5) is 0 Å². The predicted molar refractivity (Wildman–Crippen MR) is 182 cm³/mol. The molecule has 0 bridgehead atoms. The van der Waals surface area contributed by atoms with Gasteiger partial charge in [0.15, 0.2) is 5.82 Å². The van der Waals surface area contributed by atoms with Crippen LogP contribution in [0.5, 0.6) is 0 Å². The van der Waals surface area contributed by atoms with Crippen molar-refractivity contribution in [1.29, 1.82) is 5.26 Å². The first-order valence-corrected chi connectivity index (χ1v) is 15.0. The summed E-state index contributed by atoms with van der Waals surface area (Å²) in [5.74, 6) is 0.850. The molecular formula is C40H30N4. The molecule has 8 aromatic rings. The van der Waals surface area contributed by atoms with Crippen LogP contribution in [0.2, 0.25) is 0 Å². The summed E-state index contributed by atoms with van der Waals surface area (Å²) in [6.07, 6.45) is 1.90. The van der Waals surface area contributed by atoms with Gasteiger partial charge in [-0.3, -0.25) is 4.57 Å². The second kappa shape index (κ2) is 9.69. The quantitative estimate of drug-likeness (QED) is 0.214. The van der Waals surface area contributed by atoms with Crippen LogP contribution in [0, 0.1) is 39.0 Å². The smallest absolute Gasteiger partial charge is 0.162 e. The molecule has 0 aliphatic rings. The molecule has 0 atom stereocenters. The van der Waals surface area contributed by atoms with Crippen LogP contribution in [-0.2, 0) is 0 Å². The Morgan fingerprint density at radius 2 is 1.00 bits per heavy atom. The second-order valence-corrected chi connectivity index (χ2v) is 11.8. The molecule has 3 heterocycles. The molecule has 0 aliphatic carbocycles. The first-order chi connectivity index (χ1) is 21.5. The van der Waals surface area contributed by atoms with E-state index in [1.165, 1.54) is 43.8 Å². The van der Waals surface area contributed by atoms with Crippen molar-refractivity contribution in [3.63, 3.8) is 0 Å². The maximum absolute atomic E-state index is 9.83. The lowest BCUT2D eigenvalue weighted by molar-refractivity contribution is 1.03. The van der Waals surface area contributed by atoms with Gasteiger partial charge in [-0.1, -0.05) is 60.7 Å². The van der Waals surface area contributed by atoms with Gasteiger partial charge in [0.25, 0.3) is 0 Å². The van der Waals surface area contributed by atoms with Gasteiger partial charge < -0.3 is 4.57 Å². The van der Waals surface area contributed by atoms with Crippen LogP contribution in [0.15, 0.2) is 109 Å². The summed E-state index contributed by atoms with van der Waals surface area (Å²) in [4.78, 5) is 5.20. The van der Waals surface area contributed by atoms with Crippen molar-refractivity contribution in [1.82, 2.24) is 14.1 Å². The normalized spacial score (nSPS) is 11.6. The molecule has 210 valence electrons. The molecule has 0 spiro atoms. The molecule has 0 saturated heterocycles. The van der Waals surface area contributed by atoms with Gasteiger partial charge in [0.2, 0.25) is 0 Å². The van der Waals surface area contributed by atoms with Gasteiger partial charge in [0, 0.05) is 33.3 Å². The lowest BCUT2D eigenvalue weighted by Gasteiger charge is -2.20. The topological polar surface area (TPSA) is 46.5 Å². The van der Waals surface area contributed by atoms with E-state index >= 15 is 0 Å². The fourth-order valence-electron chi connectivity index (χ4n) is 7.20. The van der Waals surface area contributed by atoms with E-state index in [1.54, 1.807) is 0 Å². The fourth-order valence-corrected chi connectivity index (χ4v) is 7.20. The maximum atomic E-state index is 9.83. The van der Waals surface area contributed by atoms with E-state index in [4.69, 9.17) is 4.98 Å². The molecule has 5 aromatic carbocycles. The predicted octanol–water partition coefficient (Wildman–Crippen LogP) is 10.0. The first-order valence-electron chi connectivity index (χ1n) is 15.0. The summed E-state index contributed by atoms with van der Waals surface area (Å²) in [7, 11) is 0. The lowest BCUT2D eigenvalue weighted by atomic mass is 10.0. The van der Waals surface area contributed by atoms with Gasteiger partial charge in [0.1, 0.15) is 0 Å². The van der Waals surface area contributed by atoms with Crippen molar-refractivity contribution in [2.75, 3.05) is 0 Å². The zero-order valence-electron chi connectivity index (χ0n) is 25.2. The van der Waals surface area contributed by atoms with Crippen LogP contribution in [0.25, 0.3) is 66.2 Å². The van der Waals surface area contributed by atoms with Gasteiger partial charge in [-0.2, -0.15) is 5.26 Å². The average Bonchev–Trinajstić information content (AvgIpc) is 3.56. The van der Waals surface area contributed by atoms with Crippen molar-refractivity contribution in [3.8, 4) is 28.7 Å². The number of benzene rings is 5. The van der Waals surface area contributed by atoms with E-state index in [1.807, 2.05) is 24.4 Å². The van der Waals surface area contributed by atoms with Crippen molar-refractivity contribution >= 4 is 43.6 Å². The highest BCUT2D eigenvalue weighted by Crippen LogP contribution is 2.43. The van der Waals surface area contributed by atoms with Gasteiger partial charge in [-0.25, -0.2) is 4.98 Å². The lowest BCUT2D eigenvalue weighted by Crippen LogP contribution is -2.08. The third kappa shape index (κ3) is 3.60. The Labute approximate surface area is 256 Å². The Bertz CT molecular complexity index is 2380. The zero-order chi connectivity index (χ0) is 30.1. The molecule has 0 fully saturated rings. The van der Waals surface area contributed by atoms with E-state index in [9.17, 15) is 5.26 Å². The third-order valence-electron chi connectivity index (χ3n) is 9.11. The van der Waals surface area contributed by atoms with Crippen molar-refractivity contribution < 1.29 is 0 Å². The molecule has 4 nitrogen and oxygen atoms in total. The standard InChI is InChI=1S/C40H30N4/c1-24-10-5-16-31-35(24)36-25(2)11-6-17-32(36)43(31)39-30(29-15-9-14-28(22-29)23-41)20-21-42-40(39)44-33-18-7-12-26(3)37(33)38-27(4)13-8-19-34(38)44/h5-22H,1-4H3. The Kier molecular flexibility index (Phi) is 5.73. The van der Waals surface area contributed by atoms with Gasteiger partial charge in [-0.15, -0.1) is 0 Å². The molecule has 3 aromatic heterocycles. The minimum absolute atomic E-state index is 0.629. The van der Waals surface area contributed by atoms with E-state index in [2.05, 4.69) is 128 Å². The number of nitriles is 1. The van der Waals surface area contributed by atoms with Crippen molar-refractivity contribution in [2.45, 2.75) is 27.7 Å². The van der Waals surface area contributed by atoms with Crippen molar-refractivity contribution in [3.05, 3.63) is 137 Å². The number of hydrogen-bond donors (Lipinski definition) is 0. The fraction of sp³-hybridized carbons (Fsp3) is 0.100. The number of nitrogens with zero attached hydrogens (tertiary/aromatic N) is 4. The Hall–Kier alpha value is -5.66. The summed E-state index contributed by atoms with van der Waals surface area (Å²) < 4.78 is 4.73. The molecule has 0 aliphatic heterocycles. The molecule has 4 heteroatoms. The molecule has 0 N–H and O–H groups in total. The molecule has 0 amide bonds. The summed E-state index contributed by atoms with van der Waals surface area (Å²) in [5.41, 5.74) is 13.1. The molecule has 0 saturated carbocycles. The van der Waals surface area contributed by atoms with Crippen LogP contribution in [0.1, 0.15) is 27.8 Å². The summed E-state index contributed by atoms with van der Waals surface area (Å²) in [6, 6.07) is 38.5. The molecule has 0 radical (unpaired) electrons. The number of aromatic nitrogens is 3. The summed E-state index contributed by atoms with van der Waals surface area (Å²) in [5, 5.41) is 14.8. The molecular weight excluding hydrogens is 536 g/mol. The highest BCUT2D eigenvalue weighted by atomic mass is 15.1. The van der Waals surface area contributed by atoms with E-state index in [0.29, 0.717) is 5.56 Å². The first kappa shape index (κ1) is 26.0. The number of hydrogen-bond acceptors (Lipinski definition) is 2. The van der Waals surface area contributed by atoms with Gasteiger partial charge in [-0.05, 0) is 98.0 Å². The van der Waals surface area contributed by atoms with Crippen LogP contribution in [0.3, 0.4) is 0 Å². The zero-order valence-corrected chi connectivity index (χ0v) is 25.2. The molecule has 44 heavy (non-hydrogen) atoms. The highest BCUT2D eigenvalue weighted by Gasteiger charge is 2.25. The van der Waals surface area contributed by atoms with Gasteiger partial charge in [0.05, 0.1) is 39.4 Å². The average molecular weight is 567 g/mol. The summed E-state index contributed by atoms with van der Waals surface area (Å²) in [6.45, 7) is 8.77. The Morgan fingerprint density at radius 3 is 1.48 bits per heavy atom. The van der Waals surface area contributed by atoms with Crippen LogP contribution in [-0.4, -0.2) is 14.1 Å². The van der Waals surface area contributed by atoms with Crippen molar-refractivity contribution in [2.24, 2.45) is 0 Å². The number of fused-ring (bicyclic) bond motifs is 6. The summed E-state index contributed by atoms with van der Waals surface area (Å²) >= 11 is 0. The maximum Gasteiger partial charge on any atom is 0.162 e. The highest BCUT2D eigenvalue weighted by molar-refractivity contribution is 6.15. The van der Waals surface area contributed by atoms with E-state index < -0.39 is 0 Å².